The molecule has 17 heavy (non-hydrogen) atoms. The predicted octanol–water partition coefficient (Wildman–Crippen LogP) is 2.76. The van der Waals surface area contributed by atoms with Gasteiger partial charge in [0.1, 0.15) is 5.82 Å². The molecule has 1 heterocycles. The molecule has 2 atom stereocenters. The summed E-state index contributed by atoms with van der Waals surface area (Å²) in [5, 5.41) is 11.0. The second-order valence-corrected chi connectivity index (χ2v) is 5.16. The molecule has 3 nitrogen and oxygen atoms in total. The van der Waals surface area contributed by atoms with Crippen LogP contribution in [0.15, 0.2) is 12.3 Å². The van der Waals surface area contributed by atoms with Gasteiger partial charge < -0.3 is 10.8 Å². The Kier molecular flexibility index (Phi) is 3.38. The lowest BCUT2D eigenvalue weighted by molar-refractivity contribution is -0.0557. The Labute approximate surface area is 103 Å². The van der Waals surface area contributed by atoms with E-state index in [0.717, 1.165) is 36.8 Å². The third-order valence-electron chi connectivity index (χ3n) is 4.15. The number of aliphatic hydroxyl groups is 1. The molecule has 94 valence electrons. The van der Waals surface area contributed by atoms with Gasteiger partial charge in [-0.15, -0.1) is 0 Å². The van der Waals surface area contributed by atoms with E-state index >= 15 is 0 Å². The fourth-order valence-electron chi connectivity index (χ4n) is 3.24. The lowest BCUT2D eigenvalue weighted by atomic mass is 9.69. The summed E-state index contributed by atoms with van der Waals surface area (Å²) >= 11 is 0. The van der Waals surface area contributed by atoms with Crippen molar-refractivity contribution in [3.05, 3.63) is 23.4 Å². The summed E-state index contributed by atoms with van der Waals surface area (Å²) in [5.41, 5.74) is 7.14. The van der Waals surface area contributed by atoms with Crippen molar-refractivity contribution in [2.75, 3.05) is 5.73 Å². The normalized spacial score (nSPS) is 29.2. The third kappa shape index (κ3) is 2.04. The van der Waals surface area contributed by atoms with E-state index in [9.17, 15) is 5.11 Å². The number of aryl methyl sites for hydroxylation is 1. The predicted molar refractivity (Wildman–Crippen MR) is 69.5 cm³/mol. The molecule has 1 aliphatic rings. The van der Waals surface area contributed by atoms with E-state index in [4.69, 9.17) is 5.73 Å². The Balaban J connectivity index is 2.48. The second kappa shape index (κ2) is 4.65. The number of nitrogens with zero attached hydrogens (tertiary/aromatic N) is 1. The smallest absolute Gasteiger partial charge is 0.129 e. The van der Waals surface area contributed by atoms with Gasteiger partial charge in [-0.1, -0.05) is 26.2 Å². The number of rotatable bonds is 2. The first-order valence-corrected chi connectivity index (χ1v) is 6.53. The van der Waals surface area contributed by atoms with Crippen LogP contribution in [-0.2, 0) is 5.60 Å². The monoisotopic (exact) mass is 234 g/mol. The van der Waals surface area contributed by atoms with Gasteiger partial charge in [-0.3, -0.25) is 0 Å². The molecule has 0 amide bonds. The molecule has 0 radical (unpaired) electrons. The van der Waals surface area contributed by atoms with Gasteiger partial charge in [0.05, 0.1) is 5.60 Å². The topological polar surface area (TPSA) is 59.1 Å². The van der Waals surface area contributed by atoms with Crippen molar-refractivity contribution < 1.29 is 5.11 Å². The lowest BCUT2D eigenvalue weighted by Gasteiger charge is -2.41. The van der Waals surface area contributed by atoms with Crippen molar-refractivity contribution in [1.82, 2.24) is 4.98 Å². The molecule has 1 aliphatic carbocycles. The van der Waals surface area contributed by atoms with Crippen molar-refractivity contribution in [3.8, 4) is 0 Å². The summed E-state index contributed by atoms with van der Waals surface area (Å²) in [6, 6.07) is 1.94. The minimum Gasteiger partial charge on any atom is -0.385 e. The van der Waals surface area contributed by atoms with E-state index < -0.39 is 5.60 Å². The molecule has 2 unspecified atom stereocenters. The molecule has 0 aromatic carbocycles. The van der Waals surface area contributed by atoms with Gasteiger partial charge in [-0.05, 0) is 37.3 Å². The van der Waals surface area contributed by atoms with Crippen molar-refractivity contribution >= 4 is 5.82 Å². The first kappa shape index (κ1) is 12.4. The zero-order valence-electron chi connectivity index (χ0n) is 10.7. The standard InChI is InChI=1S/C14H22N2O/c1-3-11-6-4-5-8-14(11,17)12-10(2)7-9-16-13(12)15/h7,9,11,17H,3-6,8H2,1-2H3,(H2,15,16). The van der Waals surface area contributed by atoms with E-state index in [2.05, 4.69) is 11.9 Å². The second-order valence-electron chi connectivity index (χ2n) is 5.16. The van der Waals surface area contributed by atoms with Crippen LogP contribution in [-0.4, -0.2) is 10.1 Å². The fraction of sp³-hybridized carbons (Fsp3) is 0.643. The van der Waals surface area contributed by atoms with Gasteiger partial charge in [0.2, 0.25) is 0 Å². The SMILES string of the molecule is CCC1CCCCC1(O)c1c(C)ccnc1N. The molecule has 3 heteroatoms. The van der Waals surface area contributed by atoms with Crippen LogP contribution in [0.2, 0.25) is 0 Å². The average Bonchev–Trinajstić information content (AvgIpc) is 2.29. The number of hydrogen-bond acceptors (Lipinski definition) is 3. The van der Waals surface area contributed by atoms with Crippen LogP contribution in [0, 0.1) is 12.8 Å². The quantitative estimate of drug-likeness (QED) is 0.827. The number of nitrogen functional groups attached to an aromatic ring is 1. The van der Waals surface area contributed by atoms with Crippen molar-refractivity contribution in [3.63, 3.8) is 0 Å². The zero-order valence-corrected chi connectivity index (χ0v) is 10.7. The fourth-order valence-corrected chi connectivity index (χ4v) is 3.24. The van der Waals surface area contributed by atoms with Crippen molar-refractivity contribution in [2.45, 2.75) is 51.6 Å². The molecule has 0 saturated heterocycles. The first-order chi connectivity index (χ1) is 8.09. The Hall–Kier alpha value is -1.09. The minimum atomic E-state index is -0.768. The lowest BCUT2D eigenvalue weighted by Crippen LogP contribution is -2.39. The first-order valence-electron chi connectivity index (χ1n) is 6.53. The van der Waals surface area contributed by atoms with Crippen LogP contribution in [0.4, 0.5) is 5.82 Å². The summed E-state index contributed by atoms with van der Waals surface area (Å²) in [6.45, 7) is 4.15. The van der Waals surface area contributed by atoms with E-state index in [0.29, 0.717) is 11.7 Å². The highest BCUT2D eigenvalue weighted by molar-refractivity contribution is 5.48. The van der Waals surface area contributed by atoms with Gasteiger partial charge in [-0.25, -0.2) is 4.98 Å². The number of pyridine rings is 1. The molecule has 3 N–H and O–H groups in total. The number of hydrogen-bond donors (Lipinski definition) is 2. The van der Waals surface area contributed by atoms with Crippen molar-refractivity contribution in [2.24, 2.45) is 5.92 Å². The van der Waals surface area contributed by atoms with Gasteiger partial charge in [0, 0.05) is 11.8 Å². The Bertz CT molecular complexity index is 385. The van der Waals surface area contributed by atoms with Gasteiger partial charge in [0.25, 0.3) is 0 Å². The van der Waals surface area contributed by atoms with E-state index in [1.165, 1.54) is 6.42 Å². The highest BCUT2D eigenvalue weighted by atomic mass is 16.3. The molecule has 0 aliphatic heterocycles. The molecule has 2 rings (SSSR count). The Morgan fingerprint density at radius 3 is 2.94 bits per heavy atom. The third-order valence-corrected chi connectivity index (χ3v) is 4.15. The molecule has 1 saturated carbocycles. The number of anilines is 1. The van der Waals surface area contributed by atoms with Crippen LogP contribution in [0.1, 0.15) is 50.2 Å². The zero-order chi connectivity index (χ0) is 12.5. The highest BCUT2D eigenvalue weighted by Crippen LogP contribution is 2.45. The highest BCUT2D eigenvalue weighted by Gasteiger charge is 2.41. The van der Waals surface area contributed by atoms with E-state index in [1.807, 2.05) is 13.0 Å². The average molecular weight is 234 g/mol. The maximum absolute atomic E-state index is 11.0. The minimum absolute atomic E-state index is 0.307. The molecule has 1 fully saturated rings. The van der Waals surface area contributed by atoms with Gasteiger partial charge in [-0.2, -0.15) is 0 Å². The molecule has 1 aromatic rings. The number of nitrogens with two attached hydrogens (primary N) is 1. The maximum Gasteiger partial charge on any atom is 0.129 e. The van der Waals surface area contributed by atoms with Crippen LogP contribution in [0.25, 0.3) is 0 Å². The van der Waals surface area contributed by atoms with Crippen LogP contribution in [0.5, 0.6) is 0 Å². The van der Waals surface area contributed by atoms with Crippen LogP contribution in [0.3, 0.4) is 0 Å². The van der Waals surface area contributed by atoms with E-state index in [-0.39, 0.29) is 0 Å². The molecule has 1 aromatic heterocycles. The van der Waals surface area contributed by atoms with Crippen molar-refractivity contribution in [1.29, 1.82) is 0 Å². The van der Waals surface area contributed by atoms with E-state index in [1.54, 1.807) is 6.20 Å². The number of aromatic nitrogens is 1. The van der Waals surface area contributed by atoms with Gasteiger partial charge >= 0.3 is 0 Å². The largest absolute Gasteiger partial charge is 0.385 e. The Morgan fingerprint density at radius 2 is 2.29 bits per heavy atom. The summed E-state index contributed by atoms with van der Waals surface area (Å²) in [6.07, 6.45) is 6.87. The van der Waals surface area contributed by atoms with Gasteiger partial charge in [0.15, 0.2) is 0 Å². The molecular weight excluding hydrogens is 212 g/mol. The molecule has 0 bridgehead atoms. The van der Waals surface area contributed by atoms with Crippen LogP contribution >= 0.6 is 0 Å². The summed E-state index contributed by atoms with van der Waals surface area (Å²) < 4.78 is 0. The van der Waals surface area contributed by atoms with Crippen LogP contribution < -0.4 is 5.73 Å². The summed E-state index contributed by atoms with van der Waals surface area (Å²) in [7, 11) is 0. The summed E-state index contributed by atoms with van der Waals surface area (Å²) in [4.78, 5) is 4.15. The summed E-state index contributed by atoms with van der Waals surface area (Å²) in [5.74, 6) is 0.800. The maximum atomic E-state index is 11.0. The molecule has 0 spiro atoms. The Morgan fingerprint density at radius 1 is 1.53 bits per heavy atom. The molecular formula is C14H22N2O.